The first kappa shape index (κ1) is 14.1. The Balaban J connectivity index is 1.90. The number of benzene rings is 2. The number of nitrogens with zero attached hydrogens (tertiary/aromatic N) is 1. The van der Waals surface area contributed by atoms with E-state index in [0.29, 0.717) is 16.8 Å². The van der Waals surface area contributed by atoms with Crippen molar-refractivity contribution in [3.05, 3.63) is 64.1 Å². The number of imidazole rings is 1. The Morgan fingerprint density at radius 1 is 1.27 bits per heavy atom. The van der Waals surface area contributed by atoms with Gasteiger partial charge in [-0.2, -0.15) is 0 Å². The maximum absolute atomic E-state index is 12.3. The lowest BCUT2D eigenvalue weighted by molar-refractivity contribution is 0.102. The fourth-order valence-electron chi connectivity index (χ4n) is 2.33. The maximum atomic E-state index is 12.3. The van der Waals surface area contributed by atoms with Gasteiger partial charge in [-0.3, -0.25) is 9.36 Å². The number of nitrogens with one attached hydrogen (secondary N) is 2. The van der Waals surface area contributed by atoms with Crippen LogP contribution in [-0.2, 0) is 13.7 Å². The molecule has 0 aliphatic rings. The van der Waals surface area contributed by atoms with E-state index in [1.54, 1.807) is 49.5 Å². The van der Waals surface area contributed by atoms with E-state index in [2.05, 4.69) is 10.3 Å². The van der Waals surface area contributed by atoms with E-state index in [1.807, 2.05) is 0 Å². The molecule has 3 N–H and O–H groups in total. The number of amides is 1. The molecule has 0 spiro atoms. The van der Waals surface area contributed by atoms with Crippen LogP contribution in [0.4, 0.5) is 5.69 Å². The second-order valence-corrected chi connectivity index (χ2v) is 5.03. The monoisotopic (exact) mass is 297 g/mol. The van der Waals surface area contributed by atoms with Gasteiger partial charge in [-0.15, -0.1) is 0 Å². The summed E-state index contributed by atoms with van der Waals surface area (Å²) in [7, 11) is 1.67. The van der Waals surface area contributed by atoms with Crippen LogP contribution in [0.25, 0.3) is 11.0 Å². The number of fused-ring (bicyclic) bond motifs is 1. The topological polar surface area (TPSA) is 87.1 Å². The third-order valence-electron chi connectivity index (χ3n) is 3.53. The molecular weight excluding hydrogens is 282 g/mol. The molecule has 0 unspecified atom stereocenters. The Morgan fingerprint density at radius 2 is 2.09 bits per heavy atom. The van der Waals surface area contributed by atoms with Gasteiger partial charge in [0.1, 0.15) is 0 Å². The third-order valence-corrected chi connectivity index (χ3v) is 3.53. The molecule has 0 radical (unpaired) electrons. The minimum Gasteiger partial charge on any atom is -0.392 e. The second-order valence-electron chi connectivity index (χ2n) is 5.03. The summed E-state index contributed by atoms with van der Waals surface area (Å²) in [4.78, 5) is 26.5. The lowest BCUT2D eigenvalue weighted by Gasteiger charge is -2.07. The average molecular weight is 297 g/mol. The van der Waals surface area contributed by atoms with Gasteiger partial charge in [-0.1, -0.05) is 12.1 Å². The first-order chi connectivity index (χ1) is 10.6. The summed E-state index contributed by atoms with van der Waals surface area (Å²) in [6.07, 6.45) is 0. The lowest BCUT2D eigenvalue weighted by Crippen LogP contribution is -2.12. The predicted octanol–water partition coefficient (Wildman–Crippen LogP) is 1.61. The quantitative estimate of drug-likeness (QED) is 0.686. The molecule has 6 heteroatoms. The molecular formula is C16H15N3O3. The molecule has 22 heavy (non-hydrogen) atoms. The molecule has 3 rings (SSSR count). The number of hydrogen-bond donors (Lipinski definition) is 3. The zero-order valence-corrected chi connectivity index (χ0v) is 12.0. The molecule has 1 amide bonds. The highest BCUT2D eigenvalue weighted by Gasteiger charge is 2.10. The fourth-order valence-corrected chi connectivity index (χ4v) is 2.33. The number of aliphatic hydroxyl groups excluding tert-OH is 1. The number of rotatable bonds is 3. The Kier molecular flexibility index (Phi) is 3.52. The number of aromatic nitrogens is 2. The van der Waals surface area contributed by atoms with Crippen molar-refractivity contribution in [1.29, 1.82) is 0 Å². The van der Waals surface area contributed by atoms with Crippen LogP contribution in [0.3, 0.4) is 0 Å². The Morgan fingerprint density at radius 3 is 2.86 bits per heavy atom. The summed E-state index contributed by atoms with van der Waals surface area (Å²) in [6.45, 7) is -0.0824. The number of aromatic amines is 1. The summed E-state index contributed by atoms with van der Waals surface area (Å²) < 4.78 is 1.49. The highest BCUT2D eigenvalue weighted by molar-refractivity contribution is 6.05. The van der Waals surface area contributed by atoms with Crippen LogP contribution >= 0.6 is 0 Å². The Labute approximate surface area is 126 Å². The lowest BCUT2D eigenvalue weighted by atomic mass is 10.1. The van der Waals surface area contributed by atoms with Crippen molar-refractivity contribution in [2.45, 2.75) is 6.61 Å². The first-order valence-electron chi connectivity index (χ1n) is 6.78. The molecule has 3 aromatic rings. The average Bonchev–Trinajstić information content (AvgIpc) is 2.81. The van der Waals surface area contributed by atoms with Gasteiger partial charge in [-0.25, -0.2) is 4.79 Å². The SMILES string of the molecule is Cn1c(=O)[nH]c2cc(C(=O)Nc3cccc(CO)c3)ccc21. The highest BCUT2D eigenvalue weighted by atomic mass is 16.3. The summed E-state index contributed by atoms with van der Waals surface area (Å²) in [6, 6.07) is 12.0. The molecule has 0 saturated carbocycles. The van der Waals surface area contributed by atoms with Crippen LogP contribution in [0.15, 0.2) is 47.3 Å². The van der Waals surface area contributed by atoms with Crippen molar-refractivity contribution in [2.24, 2.45) is 7.05 Å². The molecule has 0 fully saturated rings. The summed E-state index contributed by atoms with van der Waals surface area (Å²) in [5.41, 5.74) is 2.92. The van der Waals surface area contributed by atoms with Gasteiger partial charge >= 0.3 is 5.69 Å². The number of hydrogen-bond acceptors (Lipinski definition) is 3. The van der Waals surface area contributed by atoms with Crippen molar-refractivity contribution in [1.82, 2.24) is 9.55 Å². The molecule has 112 valence electrons. The van der Waals surface area contributed by atoms with Gasteiger partial charge in [0.2, 0.25) is 0 Å². The van der Waals surface area contributed by atoms with Gasteiger partial charge < -0.3 is 15.4 Å². The molecule has 0 bridgehead atoms. The second kappa shape index (κ2) is 5.50. The van der Waals surface area contributed by atoms with Crippen molar-refractivity contribution >= 4 is 22.6 Å². The molecule has 1 aromatic heterocycles. The summed E-state index contributed by atoms with van der Waals surface area (Å²) >= 11 is 0. The minimum atomic E-state index is -0.276. The van der Waals surface area contributed by atoms with Crippen molar-refractivity contribution in [3.8, 4) is 0 Å². The maximum Gasteiger partial charge on any atom is 0.326 e. The van der Waals surface area contributed by atoms with Gasteiger partial charge in [0.25, 0.3) is 5.91 Å². The zero-order valence-electron chi connectivity index (χ0n) is 12.0. The van der Waals surface area contributed by atoms with E-state index in [-0.39, 0.29) is 18.2 Å². The molecule has 6 nitrogen and oxygen atoms in total. The summed E-state index contributed by atoms with van der Waals surface area (Å²) in [5, 5.41) is 11.9. The third kappa shape index (κ3) is 2.51. The summed E-state index contributed by atoms with van der Waals surface area (Å²) in [5.74, 6) is -0.276. The van der Waals surface area contributed by atoms with E-state index < -0.39 is 0 Å². The first-order valence-corrected chi connectivity index (χ1v) is 6.78. The van der Waals surface area contributed by atoms with Gasteiger partial charge in [0.15, 0.2) is 0 Å². The van der Waals surface area contributed by atoms with E-state index in [1.165, 1.54) is 4.57 Å². The van der Waals surface area contributed by atoms with Crippen molar-refractivity contribution < 1.29 is 9.90 Å². The van der Waals surface area contributed by atoms with Crippen LogP contribution in [-0.4, -0.2) is 20.6 Å². The van der Waals surface area contributed by atoms with E-state index in [0.717, 1.165) is 11.1 Å². The molecule has 2 aromatic carbocycles. The van der Waals surface area contributed by atoms with Crippen LogP contribution in [0.1, 0.15) is 15.9 Å². The largest absolute Gasteiger partial charge is 0.392 e. The van der Waals surface area contributed by atoms with E-state index in [9.17, 15) is 9.59 Å². The van der Waals surface area contributed by atoms with Crippen molar-refractivity contribution in [2.75, 3.05) is 5.32 Å². The van der Waals surface area contributed by atoms with Crippen LogP contribution < -0.4 is 11.0 Å². The number of anilines is 1. The van der Waals surface area contributed by atoms with Crippen LogP contribution in [0.5, 0.6) is 0 Å². The van der Waals surface area contributed by atoms with Gasteiger partial charge in [-0.05, 0) is 35.9 Å². The standard InChI is InChI=1S/C16H15N3O3/c1-19-14-6-5-11(8-13(14)18-16(19)22)15(21)17-12-4-2-3-10(7-12)9-20/h2-8,20H,9H2,1H3,(H,17,21)(H,18,22). The molecule has 0 atom stereocenters. The predicted molar refractivity (Wildman–Crippen MR) is 83.9 cm³/mol. The molecule has 0 aliphatic heterocycles. The minimum absolute atomic E-state index is 0.0824. The number of H-pyrrole nitrogens is 1. The normalized spacial score (nSPS) is 10.8. The van der Waals surface area contributed by atoms with Gasteiger partial charge in [0, 0.05) is 18.3 Å². The molecule has 1 heterocycles. The van der Waals surface area contributed by atoms with E-state index >= 15 is 0 Å². The molecule has 0 saturated heterocycles. The Hall–Kier alpha value is -2.86. The van der Waals surface area contributed by atoms with Crippen molar-refractivity contribution in [3.63, 3.8) is 0 Å². The number of carbonyl (C=O) groups is 1. The number of aryl methyl sites for hydroxylation is 1. The van der Waals surface area contributed by atoms with Gasteiger partial charge in [0.05, 0.1) is 17.6 Å². The molecule has 0 aliphatic carbocycles. The van der Waals surface area contributed by atoms with Crippen LogP contribution in [0, 0.1) is 0 Å². The fraction of sp³-hybridized carbons (Fsp3) is 0.125. The van der Waals surface area contributed by atoms with Crippen LogP contribution in [0.2, 0.25) is 0 Å². The van der Waals surface area contributed by atoms with E-state index in [4.69, 9.17) is 5.11 Å². The highest BCUT2D eigenvalue weighted by Crippen LogP contribution is 2.15. The number of aliphatic hydroxyl groups is 1. The smallest absolute Gasteiger partial charge is 0.326 e. The Bertz CT molecular complexity index is 908. The zero-order chi connectivity index (χ0) is 15.7. The number of carbonyl (C=O) groups excluding carboxylic acids is 1.